The second-order valence-electron chi connectivity index (χ2n) is 7.00. The van der Waals surface area contributed by atoms with Gasteiger partial charge in [0.15, 0.2) is 0 Å². The first-order chi connectivity index (χ1) is 13.5. The van der Waals surface area contributed by atoms with Crippen LogP contribution in [0.5, 0.6) is 0 Å². The molecule has 0 aliphatic carbocycles. The van der Waals surface area contributed by atoms with Crippen molar-refractivity contribution in [3.63, 3.8) is 0 Å². The summed E-state index contributed by atoms with van der Waals surface area (Å²) in [6.45, 7) is 3.13. The van der Waals surface area contributed by atoms with Crippen LogP contribution in [0.3, 0.4) is 0 Å². The number of hydrogen-bond donors (Lipinski definition) is 0. The Morgan fingerprint density at radius 2 is 1.93 bits per heavy atom. The van der Waals surface area contributed by atoms with Crippen molar-refractivity contribution in [2.24, 2.45) is 0 Å². The highest BCUT2D eigenvalue weighted by Crippen LogP contribution is 2.14. The van der Waals surface area contributed by atoms with Crippen molar-refractivity contribution in [1.82, 2.24) is 9.21 Å². The Kier molecular flexibility index (Phi) is 7.61. The molecule has 2 aliphatic heterocycles. The van der Waals surface area contributed by atoms with Crippen LogP contribution in [0.25, 0.3) is 6.08 Å². The number of hydrogen-bond acceptors (Lipinski definition) is 5. The molecule has 2 heterocycles. The zero-order chi connectivity index (χ0) is 19.8. The van der Waals surface area contributed by atoms with Crippen molar-refractivity contribution in [1.29, 1.82) is 0 Å². The first-order valence-corrected chi connectivity index (χ1v) is 11.3. The van der Waals surface area contributed by atoms with Crippen molar-refractivity contribution in [2.75, 3.05) is 46.0 Å². The number of piperazine rings is 1. The molecular weight excluding hydrogens is 380 g/mol. The summed E-state index contributed by atoms with van der Waals surface area (Å²) < 4.78 is 37.4. The number of nitrogens with zero attached hydrogens (tertiary/aromatic N) is 2. The fourth-order valence-corrected chi connectivity index (χ4v) is 4.49. The lowest BCUT2D eigenvalue weighted by Gasteiger charge is -2.33. The monoisotopic (exact) mass is 408 g/mol. The third kappa shape index (κ3) is 6.13. The van der Waals surface area contributed by atoms with E-state index in [-0.39, 0.29) is 12.0 Å². The van der Waals surface area contributed by atoms with Gasteiger partial charge in [0.2, 0.25) is 15.9 Å². The molecule has 8 heteroatoms. The third-order valence-electron chi connectivity index (χ3n) is 4.97. The molecule has 1 unspecified atom stereocenters. The number of carbonyl (C=O) groups is 1. The maximum atomic E-state index is 12.5. The van der Waals surface area contributed by atoms with Crippen molar-refractivity contribution in [3.8, 4) is 0 Å². The Bertz CT molecular complexity index is 752. The van der Waals surface area contributed by atoms with Crippen LogP contribution in [0.1, 0.15) is 24.8 Å². The molecule has 1 atom stereocenters. The van der Waals surface area contributed by atoms with Gasteiger partial charge in [-0.1, -0.05) is 30.3 Å². The molecule has 0 aromatic heterocycles. The normalized spacial score (nSPS) is 21.4. The summed E-state index contributed by atoms with van der Waals surface area (Å²) in [6, 6.07) is 9.31. The molecule has 2 saturated heterocycles. The van der Waals surface area contributed by atoms with E-state index in [1.54, 1.807) is 11.0 Å². The lowest BCUT2D eigenvalue weighted by molar-refractivity contribution is -0.133. The van der Waals surface area contributed by atoms with E-state index in [0.29, 0.717) is 45.8 Å². The summed E-state index contributed by atoms with van der Waals surface area (Å²) in [5, 5.41) is 1.23. The number of amides is 1. The number of sulfonamides is 1. The smallest absolute Gasteiger partial charge is 0.236 e. The van der Waals surface area contributed by atoms with Gasteiger partial charge in [0.1, 0.15) is 0 Å². The van der Waals surface area contributed by atoms with Crippen LogP contribution in [-0.2, 0) is 24.3 Å². The predicted octanol–water partition coefficient (Wildman–Crippen LogP) is 1.72. The van der Waals surface area contributed by atoms with E-state index in [2.05, 4.69) is 0 Å². The Morgan fingerprint density at radius 3 is 2.61 bits per heavy atom. The minimum absolute atomic E-state index is 0.00390. The summed E-state index contributed by atoms with van der Waals surface area (Å²) in [5.74, 6) is 0.00390. The van der Waals surface area contributed by atoms with Gasteiger partial charge in [0.25, 0.3) is 0 Å². The molecule has 1 aromatic carbocycles. The van der Waals surface area contributed by atoms with E-state index in [0.717, 1.165) is 25.0 Å². The number of benzene rings is 1. The molecule has 0 saturated carbocycles. The van der Waals surface area contributed by atoms with Gasteiger partial charge in [-0.25, -0.2) is 8.42 Å². The maximum Gasteiger partial charge on any atom is 0.236 e. The van der Waals surface area contributed by atoms with Crippen LogP contribution in [0.2, 0.25) is 0 Å². The van der Waals surface area contributed by atoms with E-state index in [9.17, 15) is 13.2 Å². The van der Waals surface area contributed by atoms with Crippen LogP contribution in [-0.4, -0.2) is 75.6 Å². The minimum Gasteiger partial charge on any atom is -0.378 e. The fraction of sp³-hybridized carbons (Fsp3) is 0.550. The Hall–Kier alpha value is -1.74. The van der Waals surface area contributed by atoms with Gasteiger partial charge in [-0.05, 0) is 24.5 Å². The topological polar surface area (TPSA) is 76.2 Å². The van der Waals surface area contributed by atoms with Crippen LogP contribution in [0.4, 0.5) is 0 Å². The lowest BCUT2D eigenvalue weighted by Crippen LogP contribution is -2.50. The highest BCUT2D eigenvalue weighted by atomic mass is 32.2. The molecule has 28 heavy (non-hydrogen) atoms. The van der Waals surface area contributed by atoms with Crippen LogP contribution in [0.15, 0.2) is 35.7 Å². The van der Waals surface area contributed by atoms with E-state index >= 15 is 0 Å². The van der Waals surface area contributed by atoms with Gasteiger partial charge in [-0.2, -0.15) is 4.31 Å². The largest absolute Gasteiger partial charge is 0.378 e. The molecule has 1 aromatic rings. The van der Waals surface area contributed by atoms with Crippen molar-refractivity contribution in [2.45, 2.75) is 25.4 Å². The number of rotatable bonds is 8. The van der Waals surface area contributed by atoms with Gasteiger partial charge in [-0.15, -0.1) is 0 Å². The first kappa shape index (κ1) is 21.0. The molecule has 7 nitrogen and oxygen atoms in total. The molecule has 0 N–H and O–H groups in total. The van der Waals surface area contributed by atoms with Crippen LogP contribution in [0, 0.1) is 0 Å². The summed E-state index contributed by atoms with van der Waals surface area (Å²) in [4.78, 5) is 14.0. The van der Waals surface area contributed by atoms with E-state index in [4.69, 9.17) is 9.47 Å². The second kappa shape index (κ2) is 10.2. The van der Waals surface area contributed by atoms with Gasteiger partial charge in [0, 0.05) is 38.2 Å². The predicted molar refractivity (Wildman–Crippen MR) is 107 cm³/mol. The van der Waals surface area contributed by atoms with Crippen molar-refractivity contribution in [3.05, 3.63) is 41.3 Å². The average Bonchev–Trinajstić information content (AvgIpc) is 3.24. The average molecular weight is 409 g/mol. The summed E-state index contributed by atoms with van der Waals surface area (Å²) >= 11 is 0. The molecule has 2 fully saturated rings. The van der Waals surface area contributed by atoms with E-state index < -0.39 is 10.0 Å². The third-order valence-corrected chi connectivity index (χ3v) is 6.54. The molecule has 3 rings (SSSR count). The first-order valence-electron chi connectivity index (χ1n) is 9.75. The minimum atomic E-state index is -3.48. The van der Waals surface area contributed by atoms with E-state index in [1.807, 2.05) is 30.3 Å². The zero-order valence-corrected chi connectivity index (χ0v) is 16.9. The lowest BCUT2D eigenvalue weighted by atomic mass is 10.2. The summed E-state index contributed by atoms with van der Waals surface area (Å²) in [5.41, 5.74) is 0.836. The molecule has 1 amide bonds. The van der Waals surface area contributed by atoms with Gasteiger partial charge < -0.3 is 14.4 Å². The molecule has 0 spiro atoms. The van der Waals surface area contributed by atoms with Gasteiger partial charge in [-0.3, -0.25) is 4.79 Å². The molecular formula is C20H28N2O5S. The SMILES string of the molecule is O=C(CCOCC1CCCO1)N1CCN(S(=O)(=O)/C=C/c2ccccc2)CC1. The second-order valence-corrected chi connectivity index (χ2v) is 8.82. The van der Waals surface area contributed by atoms with Crippen molar-refractivity contribution >= 4 is 22.0 Å². The highest BCUT2D eigenvalue weighted by Gasteiger charge is 2.27. The number of ether oxygens (including phenoxy) is 2. The quantitative estimate of drug-likeness (QED) is 0.612. The summed E-state index contributed by atoms with van der Waals surface area (Å²) in [6.07, 6.45) is 4.16. The summed E-state index contributed by atoms with van der Waals surface area (Å²) in [7, 11) is -3.48. The van der Waals surface area contributed by atoms with Gasteiger partial charge >= 0.3 is 0 Å². The van der Waals surface area contributed by atoms with E-state index in [1.165, 1.54) is 9.71 Å². The molecule has 2 aliphatic rings. The Balaban J connectivity index is 1.39. The maximum absolute atomic E-state index is 12.5. The van der Waals surface area contributed by atoms with Crippen LogP contribution < -0.4 is 0 Å². The molecule has 0 radical (unpaired) electrons. The standard InChI is InChI=1S/C20H28N2O5S/c23-20(8-15-26-17-19-7-4-14-27-19)21-10-12-22(13-11-21)28(24,25)16-9-18-5-2-1-3-6-18/h1-3,5-6,9,16,19H,4,7-8,10-15,17H2/b16-9+. The number of carbonyl (C=O) groups excluding carboxylic acids is 1. The van der Waals surface area contributed by atoms with Crippen LogP contribution >= 0.6 is 0 Å². The molecule has 0 bridgehead atoms. The fourth-order valence-electron chi connectivity index (χ4n) is 3.31. The molecule has 154 valence electrons. The Morgan fingerprint density at radius 1 is 1.18 bits per heavy atom. The van der Waals surface area contributed by atoms with Crippen molar-refractivity contribution < 1.29 is 22.7 Å². The Labute approximate surface area is 167 Å². The zero-order valence-electron chi connectivity index (χ0n) is 16.0. The van der Waals surface area contributed by atoms with Gasteiger partial charge in [0.05, 0.1) is 25.7 Å². The highest BCUT2D eigenvalue weighted by molar-refractivity contribution is 7.92.